The summed E-state index contributed by atoms with van der Waals surface area (Å²) in [5, 5.41) is 16.2. The molecule has 1 aromatic rings. The van der Waals surface area contributed by atoms with Gasteiger partial charge in [0.15, 0.2) is 0 Å². The minimum absolute atomic E-state index is 0.0415. The smallest absolute Gasteiger partial charge is 0.147 e. The van der Waals surface area contributed by atoms with Gasteiger partial charge in [-0.2, -0.15) is 5.10 Å². The molecule has 1 rings (SSSR count). The number of aromatic nitrogens is 3. The van der Waals surface area contributed by atoms with Crippen LogP contribution in [0.3, 0.4) is 0 Å². The average Bonchev–Trinajstić information content (AvgIpc) is 2.41. The molecule has 13 heavy (non-hydrogen) atoms. The van der Waals surface area contributed by atoms with Gasteiger partial charge in [-0.05, 0) is 20.9 Å². The van der Waals surface area contributed by atoms with Crippen LogP contribution < -0.4 is 5.32 Å². The van der Waals surface area contributed by atoms with Gasteiger partial charge >= 0.3 is 0 Å². The fraction of sp³-hybridized carbons (Fsp3) is 0.750. The van der Waals surface area contributed by atoms with E-state index in [9.17, 15) is 0 Å². The van der Waals surface area contributed by atoms with E-state index in [1.54, 1.807) is 4.68 Å². The molecular formula is C8H16N4O. The van der Waals surface area contributed by atoms with E-state index in [1.807, 2.05) is 20.9 Å². The lowest BCUT2D eigenvalue weighted by atomic mass is 10.3. The summed E-state index contributed by atoms with van der Waals surface area (Å²) in [5.74, 6) is 1.65. The molecule has 1 atom stereocenters. The van der Waals surface area contributed by atoms with Crippen molar-refractivity contribution in [1.82, 2.24) is 20.1 Å². The topological polar surface area (TPSA) is 63.0 Å². The molecule has 0 radical (unpaired) electrons. The van der Waals surface area contributed by atoms with Crippen molar-refractivity contribution < 1.29 is 5.11 Å². The third-order valence-corrected chi connectivity index (χ3v) is 1.98. The second-order valence-electron chi connectivity index (χ2n) is 3.06. The first-order valence-corrected chi connectivity index (χ1v) is 4.33. The molecule has 0 bridgehead atoms. The van der Waals surface area contributed by atoms with E-state index < -0.39 is 0 Å². The van der Waals surface area contributed by atoms with E-state index in [4.69, 9.17) is 5.11 Å². The molecule has 1 unspecified atom stereocenters. The van der Waals surface area contributed by atoms with Gasteiger partial charge < -0.3 is 10.4 Å². The number of rotatable bonds is 4. The minimum Gasteiger partial charge on any atom is -0.395 e. The molecule has 0 aliphatic rings. The Bertz CT molecular complexity index is 267. The molecule has 0 aliphatic heterocycles. The fourth-order valence-corrected chi connectivity index (χ4v) is 1.18. The third-order valence-electron chi connectivity index (χ3n) is 1.98. The molecule has 0 spiro atoms. The second-order valence-corrected chi connectivity index (χ2v) is 3.06. The number of nitrogens with zero attached hydrogens (tertiary/aromatic N) is 3. The monoisotopic (exact) mass is 184 g/mol. The van der Waals surface area contributed by atoms with E-state index in [1.165, 1.54) is 0 Å². The van der Waals surface area contributed by atoms with Crippen LogP contribution in [-0.2, 0) is 6.54 Å². The molecule has 0 saturated heterocycles. The molecule has 74 valence electrons. The number of aliphatic hydroxyl groups is 1. The van der Waals surface area contributed by atoms with E-state index in [0.717, 1.165) is 11.6 Å². The van der Waals surface area contributed by atoms with Crippen LogP contribution >= 0.6 is 0 Å². The zero-order valence-electron chi connectivity index (χ0n) is 8.28. The maximum Gasteiger partial charge on any atom is 0.147 e. The molecule has 0 fully saturated rings. The van der Waals surface area contributed by atoms with E-state index in [2.05, 4.69) is 15.4 Å². The molecule has 0 saturated carbocycles. The van der Waals surface area contributed by atoms with Gasteiger partial charge in [0.25, 0.3) is 0 Å². The van der Waals surface area contributed by atoms with E-state index >= 15 is 0 Å². The number of aliphatic hydroxyl groups excluding tert-OH is 1. The van der Waals surface area contributed by atoms with Crippen LogP contribution in [-0.4, -0.2) is 39.6 Å². The third kappa shape index (κ3) is 2.50. The Balaban J connectivity index is 2.67. The predicted molar refractivity (Wildman–Crippen MR) is 49.4 cm³/mol. The van der Waals surface area contributed by atoms with Crippen LogP contribution in [0.5, 0.6) is 0 Å². The molecule has 1 aromatic heterocycles. The van der Waals surface area contributed by atoms with Crippen molar-refractivity contribution in [2.75, 3.05) is 13.7 Å². The molecule has 0 aromatic carbocycles. The maximum atomic E-state index is 8.96. The lowest BCUT2D eigenvalue weighted by Crippen LogP contribution is -2.34. The van der Waals surface area contributed by atoms with Gasteiger partial charge in [0, 0.05) is 6.04 Å². The van der Waals surface area contributed by atoms with Crippen LogP contribution in [0.25, 0.3) is 0 Å². The van der Waals surface area contributed by atoms with Crippen molar-refractivity contribution >= 4 is 0 Å². The summed E-state index contributed by atoms with van der Waals surface area (Å²) >= 11 is 0. The lowest BCUT2D eigenvalue weighted by Gasteiger charge is -2.13. The van der Waals surface area contributed by atoms with Crippen LogP contribution in [0, 0.1) is 13.8 Å². The lowest BCUT2D eigenvalue weighted by molar-refractivity contribution is 0.231. The van der Waals surface area contributed by atoms with Crippen molar-refractivity contribution in [3.63, 3.8) is 0 Å². The van der Waals surface area contributed by atoms with Gasteiger partial charge in [-0.1, -0.05) is 0 Å². The maximum absolute atomic E-state index is 8.96. The number of hydrogen-bond acceptors (Lipinski definition) is 4. The molecule has 2 N–H and O–H groups in total. The van der Waals surface area contributed by atoms with Crippen molar-refractivity contribution in [3.05, 3.63) is 11.6 Å². The fourth-order valence-electron chi connectivity index (χ4n) is 1.18. The zero-order valence-corrected chi connectivity index (χ0v) is 8.28. The van der Waals surface area contributed by atoms with E-state index in [0.29, 0.717) is 6.54 Å². The van der Waals surface area contributed by atoms with Crippen LogP contribution in [0.15, 0.2) is 0 Å². The van der Waals surface area contributed by atoms with Crippen molar-refractivity contribution in [3.8, 4) is 0 Å². The average molecular weight is 184 g/mol. The van der Waals surface area contributed by atoms with Crippen LogP contribution in [0.1, 0.15) is 11.6 Å². The normalized spacial score (nSPS) is 13.2. The van der Waals surface area contributed by atoms with Gasteiger partial charge in [-0.3, -0.25) is 0 Å². The summed E-state index contributed by atoms with van der Waals surface area (Å²) in [7, 11) is 1.82. The largest absolute Gasteiger partial charge is 0.395 e. The van der Waals surface area contributed by atoms with Gasteiger partial charge in [0.1, 0.15) is 11.6 Å². The number of nitrogens with one attached hydrogen (secondary N) is 1. The van der Waals surface area contributed by atoms with Gasteiger partial charge in [-0.25, -0.2) is 9.67 Å². The van der Waals surface area contributed by atoms with Gasteiger partial charge in [0.2, 0.25) is 0 Å². The molecule has 5 nitrogen and oxygen atoms in total. The highest BCUT2D eigenvalue weighted by atomic mass is 16.3. The highest BCUT2D eigenvalue weighted by Crippen LogP contribution is 1.97. The SMILES string of the molecule is CNC(CO)Cn1nc(C)nc1C. The molecule has 0 amide bonds. The standard InChI is InChI=1S/C8H16N4O/c1-6-10-7(2)12(11-6)4-8(5-13)9-3/h8-9,13H,4-5H2,1-3H3. The second kappa shape index (κ2) is 4.34. The summed E-state index contributed by atoms with van der Waals surface area (Å²) in [6.45, 7) is 4.52. The Morgan fingerprint density at radius 2 is 2.23 bits per heavy atom. The summed E-state index contributed by atoms with van der Waals surface area (Å²) in [6, 6.07) is 0.0415. The summed E-state index contributed by atoms with van der Waals surface area (Å²) in [4.78, 5) is 4.18. The first-order chi connectivity index (χ1) is 6.17. The molecule has 1 heterocycles. The Hall–Kier alpha value is -0.940. The van der Waals surface area contributed by atoms with Crippen molar-refractivity contribution in [2.45, 2.75) is 26.4 Å². The summed E-state index contributed by atoms with van der Waals surface area (Å²) in [5.41, 5.74) is 0. The molecule has 5 heteroatoms. The Morgan fingerprint density at radius 1 is 1.54 bits per heavy atom. The number of likely N-dealkylation sites (N-methyl/N-ethyl adjacent to an activating group) is 1. The highest BCUT2D eigenvalue weighted by molar-refractivity contribution is 4.88. The van der Waals surface area contributed by atoms with E-state index in [-0.39, 0.29) is 12.6 Å². The zero-order chi connectivity index (χ0) is 9.84. The number of aryl methyl sites for hydroxylation is 2. The minimum atomic E-state index is 0.0415. The van der Waals surface area contributed by atoms with Crippen LogP contribution in [0.2, 0.25) is 0 Å². The summed E-state index contributed by atoms with van der Waals surface area (Å²) < 4.78 is 1.80. The van der Waals surface area contributed by atoms with Crippen molar-refractivity contribution in [1.29, 1.82) is 0 Å². The first kappa shape index (κ1) is 10.1. The first-order valence-electron chi connectivity index (χ1n) is 4.33. The van der Waals surface area contributed by atoms with Gasteiger partial charge in [0.05, 0.1) is 13.2 Å². The predicted octanol–water partition coefficient (Wildman–Crippen LogP) is -0.525. The van der Waals surface area contributed by atoms with Gasteiger partial charge in [-0.15, -0.1) is 0 Å². The molecule has 0 aliphatic carbocycles. The number of hydrogen-bond donors (Lipinski definition) is 2. The Morgan fingerprint density at radius 3 is 2.62 bits per heavy atom. The quantitative estimate of drug-likeness (QED) is 0.660. The van der Waals surface area contributed by atoms with Crippen LogP contribution in [0.4, 0.5) is 0 Å². The molecular weight excluding hydrogens is 168 g/mol. The Labute approximate surface area is 77.8 Å². The highest BCUT2D eigenvalue weighted by Gasteiger charge is 2.08. The summed E-state index contributed by atoms with van der Waals surface area (Å²) in [6.07, 6.45) is 0. The van der Waals surface area contributed by atoms with Crippen molar-refractivity contribution in [2.24, 2.45) is 0 Å². The Kier molecular flexibility index (Phi) is 3.39.